The van der Waals surface area contributed by atoms with Gasteiger partial charge in [-0.25, -0.2) is 19.3 Å². The van der Waals surface area contributed by atoms with E-state index in [-0.39, 0.29) is 37.2 Å². The maximum atomic E-state index is 12.2. The normalized spacial score (nSPS) is 21.7. The van der Waals surface area contributed by atoms with Gasteiger partial charge in [-0.15, -0.1) is 6.42 Å². The van der Waals surface area contributed by atoms with Crippen LogP contribution in [0.4, 0.5) is 11.6 Å². The summed E-state index contributed by atoms with van der Waals surface area (Å²) >= 11 is 3.45. The Balaban J connectivity index is 0.000000175. The number of nitrogens with zero attached hydrogens (tertiary/aromatic N) is 10. The van der Waals surface area contributed by atoms with E-state index in [1.54, 1.807) is 54.1 Å². The number of hydrogen-bond donors (Lipinski definition) is 6. The van der Waals surface area contributed by atoms with Gasteiger partial charge in [-0.05, 0) is 49.2 Å². The third-order valence-corrected chi connectivity index (χ3v) is 12.9. The van der Waals surface area contributed by atoms with Gasteiger partial charge in [0.1, 0.15) is 11.6 Å². The van der Waals surface area contributed by atoms with Gasteiger partial charge >= 0.3 is 0 Å². The molecule has 2 aromatic carbocycles. The molecule has 4 aliphatic heterocycles. The van der Waals surface area contributed by atoms with Crippen LogP contribution in [-0.2, 0) is 9.59 Å². The van der Waals surface area contributed by atoms with Crippen molar-refractivity contribution in [1.82, 2.24) is 39.3 Å². The van der Waals surface area contributed by atoms with Crippen LogP contribution in [0.2, 0.25) is 0 Å². The van der Waals surface area contributed by atoms with Crippen LogP contribution in [0, 0.1) is 24.2 Å². The number of fused-ring (bicyclic) bond motifs is 2. The van der Waals surface area contributed by atoms with E-state index < -0.39 is 35.0 Å². The molecule has 364 valence electrons. The Bertz CT molecular complexity index is 3120. The Hall–Kier alpha value is -7.40. The highest BCUT2D eigenvalue weighted by Crippen LogP contribution is 2.30. The number of halogens is 1. The van der Waals surface area contributed by atoms with Crippen molar-refractivity contribution in [2.45, 2.75) is 56.5 Å². The van der Waals surface area contributed by atoms with E-state index in [1.807, 2.05) is 52.3 Å². The van der Waals surface area contributed by atoms with Crippen LogP contribution in [0.15, 0.2) is 77.5 Å². The van der Waals surface area contributed by atoms with Crippen molar-refractivity contribution in [3.05, 3.63) is 94.5 Å². The second-order valence-corrected chi connectivity index (χ2v) is 18.2. The second kappa shape index (κ2) is 20.3. The van der Waals surface area contributed by atoms with Crippen molar-refractivity contribution in [2.24, 2.45) is 11.5 Å². The number of likely N-dealkylation sites (tertiary alicyclic amines) is 2. The number of rotatable bonds is 6. The number of pyridine rings is 2. The molecule has 70 heavy (non-hydrogen) atoms. The second-order valence-electron chi connectivity index (χ2n) is 17.2. The molecule has 20 nitrogen and oxygen atoms in total. The van der Waals surface area contributed by atoms with Crippen molar-refractivity contribution in [3.8, 4) is 35.6 Å². The number of nitrogens with two attached hydrogens (primary N) is 2. The van der Waals surface area contributed by atoms with Crippen LogP contribution >= 0.6 is 15.9 Å². The van der Waals surface area contributed by atoms with Gasteiger partial charge in [-0.2, -0.15) is 10.2 Å². The molecule has 4 aromatic heterocycles. The SMILES string of the molecule is C.C#C[C@]1(O)CCN(C)C1=O.CN1CC[C@@](O)(C#Cc2cccc(-n3nc(C(N)=O)c4cnc(N5CC[C@@H](O)C5)cc43)c2)C1=O.NC(=O)c1nn(-c2cccc(Br)c2)c2cc(N3CC[C@@H](O)C3)ncc12. The van der Waals surface area contributed by atoms with Crippen LogP contribution in [0.25, 0.3) is 33.2 Å². The molecule has 6 aromatic rings. The summed E-state index contributed by atoms with van der Waals surface area (Å²) in [6, 6.07) is 18.5. The first-order chi connectivity index (χ1) is 32.9. The molecule has 0 aliphatic carbocycles. The molecule has 21 heteroatoms. The molecule has 4 atom stereocenters. The minimum atomic E-state index is -1.69. The van der Waals surface area contributed by atoms with Gasteiger partial charge in [-0.1, -0.05) is 53.3 Å². The molecule has 0 radical (unpaired) electrons. The summed E-state index contributed by atoms with van der Waals surface area (Å²) in [5.74, 6) is 7.08. The Morgan fingerprint density at radius 3 is 1.60 bits per heavy atom. The van der Waals surface area contributed by atoms with E-state index in [4.69, 9.17) is 17.9 Å². The number of primary amides is 2. The van der Waals surface area contributed by atoms with E-state index in [1.165, 1.54) is 9.80 Å². The molecule has 0 saturated carbocycles. The zero-order chi connectivity index (χ0) is 49.4. The summed E-state index contributed by atoms with van der Waals surface area (Å²) in [6.07, 6.45) is 9.40. The van der Waals surface area contributed by atoms with Gasteiger partial charge in [0.25, 0.3) is 23.6 Å². The molecular formula is C49H53BrN12O8. The number of β-amino-alcohol motifs (C(OH)–C–C–N with tert-alkyl or cyclic N) is 2. The topological polar surface area (TPSA) is 276 Å². The third kappa shape index (κ3) is 10.2. The first kappa shape index (κ1) is 50.5. The average Bonchev–Trinajstić information content (AvgIpc) is 4.21. The summed E-state index contributed by atoms with van der Waals surface area (Å²) in [5.41, 5.74) is 11.5. The minimum Gasteiger partial charge on any atom is -0.391 e. The molecule has 8 heterocycles. The van der Waals surface area contributed by atoms with Gasteiger partial charge in [0.2, 0.25) is 11.2 Å². The molecule has 0 spiro atoms. The number of carbonyl (C=O) groups is 4. The van der Waals surface area contributed by atoms with Crippen LogP contribution in [0.3, 0.4) is 0 Å². The summed E-state index contributed by atoms with van der Waals surface area (Å²) < 4.78 is 4.20. The Labute approximate surface area is 411 Å². The van der Waals surface area contributed by atoms with Gasteiger partial charge in [-0.3, -0.25) is 19.2 Å². The van der Waals surface area contributed by atoms with Crippen LogP contribution in [-0.4, -0.2) is 160 Å². The standard InChI is InChI=1S/C24H24N6O4.C17H16BrN5O2.C7H9NO2.CH4/c1-28-10-8-24(34,23(28)33)7-5-15-3-2-4-16(11-15)30-19-12-20(29-9-6-17(31)14-29)26-13-18(19)21(27-30)22(25)32;18-10-2-1-3-11(6-10)23-14-7-15(22-5-4-12(24)9-22)20-8-13(14)16(21-23)17(19)25;1-3-7(10)4-5-8(2)6(7)9;/h2-4,11-13,17,31,34H,6,8-10,14H2,1H3,(H2,25,32);1-3,6-8,12,24H,4-5,9H2,(H2,19,25);1,10H,4-5H2,2H3;1H4/t17-,24+;12-;7-;/m110./s1. The monoisotopic (exact) mass is 1020 g/mol. The lowest BCUT2D eigenvalue weighted by Gasteiger charge is -2.16. The average molecular weight is 1020 g/mol. The summed E-state index contributed by atoms with van der Waals surface area (Å²) in [4.78, 5) is 62.8. The van der Waals surface area contributed by atoms with Gasteiger partial charge < -0.3 is 51.5 Å². The lowest BCUT2D eigenvalue weighted by Crippen LogP contribution is -2.37. The van der Waals surface area contributed by atoms with Crippen LogP contribution in [0.1, 0.15) is 59.7 Å². The maximum Gasteiger partial charge on any atom is 0.269 e. The molecule has 4 fully saturated rings. The number of benzene rings is 2. The first-order valence-corrected chi connectivity index (χ1v) is 22.7. The highest BCUT2D eigenvalue weighted by Gasteiger charge is 2.43. The number of aromatic nitrogens is 6. The molecule has 0 bridgehead atoms. The number of amides is 4. The number of terminal acetylenes is 1. The predicted molar refractivity (Wildman–Crippen MR) is 265 cm³/mol. The predicted octanol–water partition coefficient (Wildman–Crippen LogP) is 1.74. The van der Waals surface area contributed by atoms with Crippen molar-refractivity contribution >= 4 is 73.0 Å². The lowest BCUT2D eigenvalue weighted by molar-refractivity contribution is -0.138. The van der Waals surface area contributed by atoms with E-state index in [2.05, 4.69) is 53.9 Å². The highest BCUT2D eigenvalue weighted by molar-refractivity contribution is 9.10. The number of anilines is 2. The largest absolute Gasteiger partial charge is 0.391 e. The number of aliphatic hydroxyl groups excluding tert-OH is 2. The number of likely N-dealkylation sites (N-methyl/N-ethyl adjacent to an activating group) is 2. The van der Waals surface area contributed by atoms with Crippen LogP contribution in [0.5, 0.6) is 0 Å². The van der Waals surface area contributed by atoms with E-state index in [0.29, 0.717) is 78.9 Å². The molecule has 10 rings (SSSR count). The highest BCUT2D eigenvalue weighted by atomic mass is 79.9. The van der Waals surface area contributed by atoms with E-state index in [9.17, 15) is 39.6 Å². The smallest absolute Gasteiger partial charge is 0.269 e. The fourth-order valence-electron chi connectivity index (χ4n) is 8.46. The molecule has 4 aliphatic rings. The zero-order valence-corrected chi connectivity index (χ0v) is 39.2. The Kier molecular flexibility index (Phi) is 14.6. The minimum absolute atomic E-state index is 0. The maximum absolute atomic E-state index is 12.2. The molecule has 4 amide bonds. The third-order valence-electron chi connectivity index (χ3n) is 12.4. The van der Waals surface area contributed by atoms with Crippen molar-refractivity contribution < 1.29 is 39.6 Å². The van der Waals surface area contributed by atoms with Crippen molar-refractivity contribution in [2.75, 3.05) is 63.2 Å². The van der Waals surface area contributed by atoms with Crippen molar-refractivity contribution in [3.63, 3.8) is 0 Å². The summed E-state index contributed by atoms with van der Waals surface area (Å²) in [7, 11) is 3.26. The zero-order valence-electron chi connectivity index (χ0n) is 37.7. The number of carbonyl (C=O) groups excluding carboxylic acids is 4. The van der Waals surface area contributed by atoms with Gasteiger partial charge in [0.15, 0.2) is 11.4 Å². The fraction of sp³-hybridized carbons (Fsp3) is 0.347. The van der Waals surface area contributed by atoms with E-state index in [0.717, 1.165) is 34.5 Å². The van der Waals surface area contributed by atoms with Crippen molar-refractivity contribution in [1.29, 1.82) is 0 Å². The summed E-state index contributed by atoms with van der Waals surface area (Å²) in [6.45, 7) is 3.44. The first-order valence-electron chi connectivity index (χ1n) is 21.9. The fourth-order valence-corrected chi connectivity index (χ4v) is 8.85. The summed E-state index contributed by atoms with van der Waals surface area (Å²) in [5, 5.41) is 49.5. The Morgan fingerprint density at radius 1 is 0.729 bits per heavy atom. The quantitative estimate of drug-likeness (QED) is 0.130. The van der Waals surface area contributed by atoms with E-state index >= 15 is 0 Å². The van der Waals surface area contributed by atoms with Crippen LogP contribution < -0.4 is 21.3 Å². The number of aliphatic hydroxyl groups is 4. The van der Waals surface area contributed by atoms with Gasteiger partial charge in [0, 0.05) is 101 Å². The molecular weight excluding hydrogens is 965 g/mol. The lowest BCUT2D eigenvalue weighted by atomic mass is 10.0. The Morgan fingerprint density at radius 2 is 1.20 bits per heavy atom. The number of hydrogen-bond acceptors (Lipinski definition) is 14. The molecule has 8 N–H and O–H groups in total. The molecule has 0 unspecified atom stereocenters. The molecule has 4 saturated heterocycles. The van der Waals surface area contributed by atoms with Gasteiger partial charge in [0.05, 0.1) is 45.4 Å².